The van der Waals surface area contributed by atoms with Crippen molar-refractivity contribution in [1.29, 1.82) is 0 Å². The Hall–Kier alpha value is -1.90. The Labute approximate surface area is 89.5 Å². The van der Waals surface area contributed by atoms with E-state index in [9.17, 15) is 4.79 Å². The summed E-state index contributed by atoms with van der Waals surface area (Å²) >= 11 is 0. The first-order valence-electron chi connectivity index (χ1n) is 4.72. The van der Waals surface area contributed by atoms with Crippen LogP contribution in [0.5, 0.6) is 0 Å². The summed E-state index contributed by atoms with van der Waals surface area (Å²) in [6.45, 7) is 3.34. The Kier molecular flexibility index (Phi) is 4.29. The normalized spacial score (nSPS) is 11.7. The Morgan fingerprint density at radius 1 is 1.20 bits per heavy atom. The van der Waals surface area contributed by atoms with Gasteiger partial charge < -0.3 is 0 Å². The smallest absolute Gasteiger partial charge is 0.152 e. The molecule has 0 saturated carbocycles. The summed E-state index contributed by atoms with van der Waals surface area (Å²) in [4.78, 5) is 10.7. The number of carbonyl (C=O) groups excluding carboxylic acids is 1. The fourth-order valence-electron chi connectivity index (χ4n) is 0.941. The van der Waals surface area contributed by atoms with Gasteiger partial charge in [0.1, 0.15) is 0 Å². The predicted octanol–water partition coefficient (Wildman–Crippen LogP) is 2.62. The Morgan fingerprint density at radius 2 is 1.87 bits per heavy atom. The summed E-state index contributed by atoms with van der Waals surface area (Å²) in [5, 5.41) is 4.09. The summed E-state index contributed by atoms with van der Waals surface area (Å²) in [6.07, 6.45) is 3.17. The number of rotatable bonds is 4. The molecule has 0 fully saturated rings. The highest BCUT2D eigenvalue weighted by Gasteiger charge is 1.88. The zero-order valence-electron chi connectivity index (χ0n) is 8.90. The number of benzene rings is 1. The fraction of sp³-hybridized carbons (Fsp3) is 0.167. The summed E-state index contributed by atoms with van der Waals surface area (Å²) in [7, 11) is 0. The SMILES string of the molecule is CC(=O)/C=C/C(C)=N/Nc1ccccc1. The molecule has 0 aliphatic rings. The van der Waals surface area contributed by atoms with Crippen LogP contribution in [0.3, 0.4) is 0 Å². The summed E-state index contributed by atoms with van der Waals surface area (Å²) in [5.41, 5.74) is 4.58. The van der Waals surface area contributed by atoms with Gasteiger partial charge in [0.05, 0.1) is 11.4 Å². The Balaban J connectivity index is 2.55. The third-order valence-corrected chi connectivity index (χ3v) is 1.69. The van der Waals surface area contributed by atoms with Crippen molar-refractivity contribution in [2.45, 2.75) is 13.8 Å². The highest BCUT2D eigenvalue weighted by molar-refractivity contribution is 5.99. The van der Waals surface area contributed by atoms with E-state index in [1.165, 1.54) is 13.0 Å². The molecule has 0 radical (unpaired) electrons. The maximum Gasteiger partial charge on any atom is 0.152 e. The van der Waals surface area contributed by atoms with Gasteiger partial charge in [0.15, 0.2) is 5.78 Å². The van der Waals surface area contributed by atoms with Crippen LogP contribution in [0.1, 0.15) is 13.8 Å². The number of carbonyl (C=O) groups is 1. The minimum absolute atomic E-state index is 0.0178. The third-order valence-electron chi connectivity index (χ3n) is 1.69. The molecule has 15 heavy (non-hydrogen) atoms. The molecule has 1 aromatic carbocycles. The molecule has 78 valence electrons. The van der Waals surface area contributed by atoms with Crippen molar-refractivity contribution >= 4 is 17.2 Å². The van der Waals surface area contributed by atoms with Crippen LogP contribution in [0, 0.1) is 0 Å². The van der Waals surface area contributed by atoms with Crippen LogP contribution >= 0.6 is 0 Å². The lowest BCUT2D eigenvalue weighted by molar-refractivity contribution is -0.112. The maximum atomic E-state index is 10.7. The van der Waals surface area contributed by atoms with E-state index in [1.807, 2.05) is 37.3 Å². The van der Waals surface area contributed by atoms with Crippen LogP contribution in [-0.4, -0.2) is 11.5 Å². The first kappa shape index (κ1) is 11.2. The van der Waals surface area contributed by atoms with E-state index in [4.69, 9.17) is 0 Å². The number of hydrogen-bond donors (Lipinski definition) is 1. The van der Waals surface area contributed by atoms with Gasteiger partial charge in [-0.15, -0.1) is 0 Å². The van der Waals surface area contributed by atoms with E-state index < -0.39 is 0 Å². The molecular weight excluding hydrogens is 188 g/mol. The van der Waals surface area contributed by atoms with Gasteiger partial charge in [-0.1, -0.05) is 18.2 Å². The van der Waals surface area contributed by atoms with Gasteiger partial charge in [0.2, 0.25) is 0 Å². The van der Waals surface area contributed by atoms with Gasteiger partial charge in [-0.05, 0) is 38.1 Å². The summed E-state index contributed by atoms with van der Waals surface area (Å²) in [6, 6.07) is 9.64. The number of hydrazone groups is 1. The highest BCUT2D eigenvalue weighted by atomic mass is 16.1. The number of nitrogens with one attached hydrogen (secondary N) is 1. The van der Waals surface area contributed by atoms with E-state index in [0.717, 1.165) is 11.4 Å². The lowest BCUT2D eigenvalue weighted by Crippen LogP contribution is -1.95. The van der Waals surface area contributed by atoms with Crippen LogP contribution < -0.4 is 5.43 Å². The Morgan fingerprint density at radius 3 is 2.47 bits per heavy atom. The lowest BCUT2D eigenvalue weighted by Gasteiger charge is -1.99. The van der Waals surface area contributed by atoms with Crippen molar-refractivity contribution in [2.75, 3.05) is 5.43 Å². The van der Waals surface area contributed by atoms with E-state index in [0.29, 0.717) is 0 Å². The number of anilines is 1. The second kappa shape index (κ2) is 5.75. The maximum absolute atomic E-state index is 10.7. The van der Waals surface area contributed by atoms with Gasteiger partial charge in [0, 0.05) is 0 Å². The number of ketones is 1. The van der Waals surface area contributed by atoms with Crippen LogP contribution in [0.15, 0.2) is 47.6 Å². The molecule has 0 aliphatic heterocycles. The molecule has 0 aliphatic carbocycles. The molecule has 0 atom stereocenters. The topological polar surface area (TPSA) is 41.5 Å². The molecule has 1 N–H and O–H groups in total. The quantitative estimate of drug-likeness (QED) is 0.463. The van der Waals surface area contributed by atoms with Crippen LogP contribution in [0.25, 0.3) is 0 Å². The minimum atomic E-state index is 0.0178. The predicted molar refractivity (Wildman–Crippen MR) is 63.0 cm³/mol. The number of para-hydroxylation sites is 1. The van der Waals surface area contributed by atoms with Crippen molar-refractivity contribution in [3.8, 4) is 0 Å². The van der Waals surface area contributed by atoms with Crippen molar-refractivity contribution in [3.63, 3.8) is 0 Å². The van der Waals surface area contributed by atoms with Crippen LogP contribution in [0.4, 0.5) is 5.69 Å². The first-order chi connectivity index (χ1) is 7.18. The second-order valence-corrected chi connectivity index (χ2v) is 3.17. The zero-order chi connectivity index (χ0) is 11.1. The van der Waals surface area contributed by atoms with Crippen molar-refractivity contribution in [1.82, 2.24) is 0 Å². The van der Waals surface area contributed by atoms with Crippen molar-refractivity contribution < 1.29 is 4.79 Å². The molecule has 1 aromatic rings. The molecule has 0 bridgehead atoms. The van der Waals surface area contributed by atoms with Crippen molar-refractivity contribution in [3.05, 3.63) is 42.5 Å². The fourth-order valence-corrected chi connectivity index (χ4v) is 0.941. The van der Waals surface area contributed by atoms with Gasteiger partial charge >= 0.3 is 0 Å². The van der Waals surface area contributed by atoms with E-state index in [2.05, 4.69) is 10.5 Å². The molecule has 0 aromatic heterocycles. The van der Waals surface area contributed by atoms with Gasteiger partial charge in [-0.3, -0.25) is 10.2 Å². The van der Waals surface area contributed by atoms with Gasteiger partial charge in [-0.2, -0.15) is 5.10 Å². The van der Waals surface area contributed by atoms with Crippen LogP contribution in [-0.2, 0) is 4.79 Å². The molecule has 3 heteroatoms. The summed E-state index contributed by atoms with van der Waals surface area (Å²) < 4.78 is 0. The number of nitrogens with zero attached hydrogens (tertiary/aromatic N) is 1. The largest absolute Gasteiger partial charge is 0.295 e. The van der Waals surface area contributed by atoms with E-state index in [1.54, 1.807) is 6.08 Å². The second-order valence-electron chi connectivity index (χ2n) is 3.17. The van der Waals surface area contributed by atoms with Gasteiger partial charge in [0.25, 0.3) is 0 Å². The van der Waals surface area contributed by atoms with E-state index >= 15 is 0 Å². The standard InChI is InChI=1S/C12H14N2O/c1-10(8-9-11(2)15)13-14-12-6-4-3-5-7-12/h3-9,14H,1-2H3/b9-8+,13-10+. The molecule has 0 heterocycles. The molecule has 1 rings (SSSR count). The Bertz CT molecular complexity index is 380. The lowest BCUT2D eigenvalue weighted by atomic mass is 10.3. The molecule has 0 saturated heterocycles. The minimum Gasteiger partial charge on any atom is -0.295 e. The van der Waals surface area contributed by atoms with Crippen molar-refractivity contribution in [2.24, 2.45) is 5.10 Å². The number of allylic oxidation sites excluding steroid dienone is 2. The average molecular weight is 202 g/mol. The molecule has 0 unspecified atom stereocenters. The van der Waals surface area contributed by atoms with Crippen LogP contribution in [0.2, 0.25) is 0 Å². The number of hydrogen-bond acceptors (Lipinski definition) is 3. The monoisotopic (exact) mass is 202 g/mol. The zero-order valence-corrected chi connectivity index (χ0v) is 8.90. The molecule has 0 amide bonds. The average Bonchev–Trinajstić information content (AvgIpc) is 2.25. The molecule has 3 nitrogen and oxygen atoms in total. The summed E-state index contributed by atoms with van der Waals surface area (Å²) in [5.74, 6) is 0.0178. The molecular formula is C12H14N2O. The van der Waals surface area contributed by atoms with Gasteiger partial charge in [-0.25, -0.2) is 0 Å². The first-order valence-corrected chi connectivity index (χ1v) is 4.72. The highest BCUT2D eigenvalue weighted by Crippen LogP contribution is 2.04. The van der Waals surface area contributed by atoms with E-state index in [-0.39, 0.29) is 5.78 Å². The third kappa shape index (κ3) is 4.76. The molecule has 0 spiro atoms.